The summed E-state index contributed by atoms with van der Waals surface area (Å²) in [5.41, 5.74) is 1.39. The van der Waals surface area contributed by atoms with Crippen LogP contribution in [-0.2, 0) is 0 Å². The van der Waals surface area contributed by atoms with E-state index >= 15 is 0 Å². The first-order valence-electron chi connectivity index (χ1n) is 5.07. The summed E-state index contributed by atoms with van der Waals surface area (Å²) in [6.45, 7) is 6.74. The van der Waals surface area contributed by atoms with E-state index in [0.717, 1.165) is 12.8 Å². The van der Waals surface area contributed by atoms with E-state index in [1.807, 2.05) is 0 Å². The normalized spacial score (nSPS) is 13.2. The molecule has 0 saturated heterocycles. The van der Waals surface area contributed by atoms with Crippen molar-refractivity contribution in [3.05, 3.63) is 23.8 Å². The van der Waals surface area contributed by atoms with Crippen LogP contribution in [0.15, 0.2) is 23.8 Å². The van der Waals surface area contributed by atoms with Gasteiger partial charge in [-0.15, -0.1) is 0 Å². The predicted octanol–water partition coefficient (Wildman–Crippen LogP) is 3.31. The molecule has 0 aromatic heterocycles. The monoisotopic (exact) mass is 182 g/mol. The second-order valence-electron chi connectivity index (χ2n) is 3.78. The average molecular weight is 182 g/mol. The molecule has 0 aromatic carbocycles. The van der Waals surface area contributed by atoms with E-state index in [-0.39, 0.29) is 6.61 Å². The Morgan fingerprint density at radius 1 is 1.31 bits per heavy atom. The van der Waals surface area contributed by atoms with E-state index < -0.39 is 0 Å². The number of allylic oxidation sites excluding steroid dienone is 3. The van der Waals surface area contributed by atoms with Gasteiger partial charge >= 0.3 is 0 Å². The van der Waals surface area contributed by atoms with E-state index in [1.54, 1.807) is 0 Å². The largest absolute Gasteiger partial charge is 0.396 e. The van der Waals surface area contributed by atoms with Crippen LogP contribution in [-0.4, -0.2) is 11.7 Å². The molecule has 0 spiro atoms. The molecule has 0 aliphatic rings. The molecular weight excluding hydrogens is 160 g/mol. The van der Waals surface area contributed by atoms with Gasteiger partial charge in [0.15, 0.2) is 0 Å². The second kappa shape index (κ2) is 8.06. The van der Waals surface area contributed by atoms with Crippen LogP contribution in [0.3, 0.4) is 0 Å². The topological polar surface area (TPSA) is 20.2 Å². The third-order valence-corrected chi connectivity index (χ3v) is 1.93. The molecule has 0 aliphatic heterocycles. The van der Waals surface area contributed by atoms with Gasteiger partial charge in [-0.3, -0.25) is 0 Å². The maximum atomic E-state index is 8.57. The zero-order valence-electron chi connectivity index (χ0n) is 9.09. The van der Waals surface area contributed by atoms with Crippen molar-refractivity contribution in [3.8, 4) is 0 Å². The minimum Gasteiger partial charge on any atom is -0.396 e. The quantitative estimate of drug-likeness (QED) is 0.625. The number of hydrogen-bond donors (Lipinski definition) is 1. The van der Waals surface area contributed by atoms with Gasteiger partial charge in [-0.2, -0.15) is 0 Å². The van der Waals surface area contributed by atoms with Crippen LogP contribution in [0.4, 0.5) is 0 Å². The summed E-state index contributed by atoms with van der Waals surface area (Å²) < 4.78 is 0. The van der Waals surface area contributed by atoms with Crippen LogP contribution in [0.25, 0.3) is 0 Å². The van der Waals surface area contributed by atoms with Crippen LogP contribution in [0.2, 0.25) is 0 Å². The molecule has 76 valence electrons. The lowest BCUT2D eigenvalue weighted by Gasteiger charge is -2.02. The first kappa shape index (κ1) is 12.4. The highest BCUT2D eigenvalue weighted by molar-refractivity contribution is 4.94. The Morgan fingerprint density at radius 2 is 2.00 bits per heavy atom. The molecule has 0 saturated carbocycles. The molecule has 0 heterocycles. The van der Waals surface area contributed by atoms with E-state index in [2.05, 4.69) is 39.0 Å². The van der Waals surface area contributed by atoms with E-state index in [1.165, 1.54) is 12.0 Å². The SMILES string of the molecule is CC(C)=CCCC(C)C=CCCO. The van der Waals surface area contributed by atoms with E-state index in [0.29, 0.717) is 5.92 Å². The van der Waals surface area contributed by atoms with Crippen molar-refractivity contribution in [2.45, 2.75) is 40.0 Å². The van der Waals surface area contributed by atoms with Crippen molar-refractivity contribution in [1.82, 2.24) is 0 Å². The highest BCUT2D eigenvalue weighted by Crippen LogP contribution is 2.09. The minimum atomic E-state index is 0.261. The molecule has 0 radical (unpaired) electrons. The summed E-state index contributed by atoms with van der Waals surface area (Å²) in [6, 6.07) is 0. The second-order valence-corrected chi connectivity index (χ2v) is 3.78. The molecule has 1 N–H and O–H groups in total. The Labute approximate surface area is 82.2 Å². The fourth-order valence-corrected chi connectivity index (χ4v) is 1.13. The average Bonchev–Trinajstić information content (AvgIpc) is 2.04. The van der Waals surface area contributed by atoms with Gasteiger partial charge in [0.1, 0.15) is 0 Å². The third-order valence-electron chi connectivity index (χ3n) is 1.93. The van der Waals surface area contributed by atoms with Gasteiger partial charge < -0.3 is 5.11 Å². The van der Waals surface area contributed by atoms with Crippen LogP contribution in [0.1, 0.15) is 40.0 Å². The molecule has 1 atom stereocenters. The molecule has 1 unspecified atom stereocenters. The summed E-state index contributed by atoms with van der Waals surface area (Å²) >= 11 is 0. The maximum Gasteiger partial charge on any atom is 0.0465 e. The van der Waals surface area contributed by atoms with Crippen LogP contribution < -0.4 is 0 Å². The zero-order chi connectivity index (χ0) is 10.1. The van der Waals surface area contributed by atoms with Crippen molar-refractivity contribution in [3.63, 3.8) is 0 Å². The van der Waals surface area contributed by atoms with Gasteiger partial charge in [-0.1, -0.05) is 30.7 Å². The van der Waals surface area contributed by atoms with Crippen molar-refractivity contribution in [2.75, 3.05) is 6.61 Å². The van der Waals surface area contributed by atoms with E-state index in [4.69, 9.17) is 5.11 Å². The molecule has 0 bridgehead atoms. The summed E-state index contributed by atoms with van der Waals surface area (Å²) in [4.78, 5) is 0. The van der Waals surface area contributed by atoms with Gasteiger partial charge in [-0.25, -0.2) is 0 Å². The molecule has 0 amide bonds. The highest BCUT2D eigenvalue weighted by atomic mass is 16.2. The van der Waals surface area contributed by atoms with Crippen LogP contribution in [0.5, 0.6) is 0 Å². The predicted molar refractivity (Wildman–Crippen MR) is 58.7 cm³/mol. The van der Waals surface area contributed by atoms with Crippen LogP contribution >= 0.6 is 0 Å². The van der Waals surface area contributed by atoms with Crippen molar-refractivity contribution < 1.29 is 5.11 Å². The minimum absolute atomic E-state index is 0.261. The molecule has 0 aromatic rings. The molecule has 0 aliphatic carbocycles. The third kappa shape index (κ3) is 9.35. The fourth-order valence-electron chi connectivity index (χ4n) is 1.13. The van der Waals surface area contributed by atoms with Crippen LogP contribution in [0, 0.1) is 5.92 Å². The van der Waals surface area contributed by atoms with Crippen molar-refractivity contribution in [1.29, 1.82) is 0 Å². The lowest BCUT2D eigenvalue weighted by atomic mass is 10.0. The van der Waals surface area contributed by atoms with Crippen molar-refractivity contribution in [2.24, 2.45) is 5.92 Å². The Balaban J connectivity index is 3.51. The highest BCUT2D eigenvalue weighted by Gasteiger charge is 1.94. The summed E-state index contributed by atoms with van der Waals surface area (Å²) in [6.07, 6.45) is 9.67. The number of hydrogen-bond acceptors (Lipinski definition) is 1. The van der Waals surface area contributed by atoms with E-state index in [9.17, 15) is 0 Å². The van der Waals surface area contributed by atoms with Crippen molar-refractivity contribution >= 4 is 0 Å². The Bertz CT molecular complexity index is 164. The number of aliphatic hydroxyl groups excluding tert-OH is 1. The first-order valence-corrected chi connectivity index (χ1v) is 5.07. The standard InChI is InChI=1S/C12H22O/c1-11(2)7-6-9-12(3)8-4-5-10-13/h4,7-8,12-13H,5-6,9-10H2,1-3H3. The molecule has 13 heavy (non-hydrogen) atoms. The Hall–Kier alpha value is -0.560. The first-order chi connectivity index (χ1) is 6.16. The fraction of sp³-hybridized carbons (Fsp3) is 0.667. The molecule has 1 heteroatoms. The zero-order valence-corrected chi connectivity index (χ0v) is 9.09. The summed E-state index contributed by atoms with van der Waals surface area (Å²) in [5.74, 6) is 0.627. The Kier molecular flexibility index (Phi) is 7.71. The van der Waals surface area contributed by atoms with Gasteiger partial charge in [0, 0.05) is 6.61 Å². The molecule has 1 nitrogen and oxygen atoms in total. The smallest absolute Gasteiger partial charge is 0.0465 e. The number of aliphatic hydroxyl groups is 1. The maximum absolute atomic E-state index is 8.57. The van der Waals surface area contributed by atoms with Gasteiger partial charge in [0.2, 0.25) is 0 Å². The van der Waals surface area contributed by atoms with Gasteiger partial charge in [0.05, 0.1) is 0 Å². The summed E-state index contributed by atoms with van der Waals surface area (Å²) in [5, 5.41) is 8.57. The molecule has 0 fully saturated rings. The summed E-state index contributed by atoms with van der Waals surface area (Å²) in [7, 11) is 0. The van der Waals surface area contributed by atoms with Gasteiger partial charge in [0.25, 0.3) is 0 Å². The lowest BCUT2D eigenvalue weighted by Crippen LogP contribution is -1.88. The van der Waals surface area contributed by atoms with Gasteiger partial charge in [-0.05, 0) is 39.0 Å². The Morgan fingerprint density at radius 3 is 2.54 bits per heavy atom. The molecule has 0 rings (SSSR count). The lowest BCUT2D eigenvalue weighted by molar-refractivity contribution is 0.302. The number of rotatable bonds is 6. The molecular formula is C12H22O.